The molecule has 1 aliphatic rings. The monoisotopic (exact) mass is 536 g/mol. The van der Waals surface area contributed by atoms with E-state index in [2.05, 4.69) is 38.0 Å². The van der Waals surface area contributed by atoms with Crippen molar-refractivity contribution in [3.05, 3.63) is 47.4 Å². The number of nitrogens with one attached hydrogen (secondary N) is 1. The fraction of sp³-hybridized carbons (Fsp3) is 0.429. The second kappa shape index (κ2) is 10.2. The summed E-state index contributed by atoms with van der Waals surface area (Å²) in [6.07, 6.45) is 3.32. The van der Waals surface area contributed by atoms with E-state index in [9.17, 15) is 4.79 Å². The van der Waals surface area contributed by atoms with Crippen molar-refractivity contribution in [1.82, 2.24) is 15.0 Å². The number of carbonyl (C=O) groups is 1. The number of carbonyl (C=O) groups excluding carboxylic acids is 1. The average molecular weight is 537 g/mol. The van der Waals surface area contributed by atoms with Gasteiger partial charge in [-0.2, -0.15) is 0 Å². The maximum absolute atomic E-state index is 13.0. The second-order valence-corrected chi connectivity index (χ2v) is 12.8. The maximum atomic E-state index is 13.0. The van der Waals surface area contributed by atoms with E-state index in [1.807, 2.05) is 25.1 Å². The number of methoxy groups -OCH3 is 1. The van der Waals surface area contributed by atoms with Crippen LogP contribution >= 0.6 is 23.1 Å². The summed E-state index contributed by atoms with van der Waals surface area (Å²) in [7, 11) is 1.61. The number of thiophene rings is 1. The van der Waals surface area contributed by atoms with Crippen molar-refractivity contribution in [2.45, 2.75) is 69.9 Å². The van der Waals surface area contributed by atoms with Gasteiger partial charge in [-0.25, -0.2) is 15.0 Å². The predicted molar refractivity (Wildman–Crippen MR) is 151 cm³/mol. The number of anilines is 1. The molecule has 0 aliphatic carbocycles. The van der Waals surface area contributed by atoms with Crippen molar-refractivity contribution in [3.8, 4) is 5.75 Å². The Kier molecular flexibility index (Phi) is 7.13. The highest BCUT2D eigenvalue weighted by atomic mass is 32.2. The SMILES string of the molecule is COc1cccc(NC(=O)C(C)Sc2ncnc3c2sc2nc(CC(C)C)c4c(c23)CC(C)(C)OC4)c1. The summed E-state index contributed by atoms with van der Waals surface area (Å²) in [6, 6.07) is 7.35. The lowest BCUT2D eigenvalue weighted by Crippen LogP contribution is -2.33. The summed E-state index contributed by atoms with van der Waals surface area (Å²) in [6.45, 7) is 11.2. The van der Waals surface area contributed by atoms with Crippen molar-refractivity contribution in [1.29, 1.82) is 0 Å². The standard InChI is InChI=1S/C28H32N4O3S2/c1-15(2)10-21-20-13-35-28(4,5)12-19(20)22-23-24(37-26(22)32-21)27(30-14-29-23)36-16(3)25(33)31-17-8-7-9-18(11-17)34-6/h7-9,11,14-16H,10,12-13H2,1-6H3,(H,31,33). The van der Waals surface area contributed by atoms with Gasteiger partial charge >= 0.3 is 0 Å². The van der Waals surface area contributed by atoms with Crippen LogP contribution in [0.15, 0.2) is 35.6 Å². The molecule has 1 amide bonds. The molecule has 7 nitrogen and oxygen atoms in total. The number of aromatic nitrogens is 3. The third-order valence-corrected chi connectivity index (χ3v) is 8.79. The van der Waals surface area contributed by atoms with Crippen LogP contribution in [-0.4, -0.2) is 38.8 Å². The number of hydrogen-bond acceptors (Lipinski definition) is 8. The summed E-state index contributed by atoms with van der Waals surface area (Å²) in [5.41, 5.74) is 4.98. The molecule has 4 aromatic rings. The molecule has 1 aliphatic heterocycles. The number of fused-ring (bicyclic) bond motifs is 5. The van der Waals surface area contributed by atoms with Gasteiger partial charge in [-0.15, -0.1) is 11.3 Å². The number of pyridine rings is 1. The lowest BCUT2D eigenvalue weighted by Gasteiger charge is -2.33. The van der Waals surface area contributed by atoms with E-state index in [1.54, 1.807) is 30.8 Å². The van der Waals surface area contributed by atoms with Gasteiger partial charge in [-0.1, -0.05) is 31.7 Å². The average Bonchev–Trinajstić information content (AvgIpc) is 3.22. The van der Waals surface area contributed by atoms with Crippen LogP contribution in [0.5, 0.6) is 5.75 Å². The van der Waals surface area contributed by atoms with Gasteiger partial charge in [0.2, 0.25) is 5.91 Å². The molecule has 0 fully saturated rings. The highest BCUT2D eigenvalue weighted by Crippen LogP contribution is 2.43. The molecule has 1 aromatic carbocycles. The van der Waals surface area contributed by atoms with Gasteiger partial charge < -0.3 is 14.8 Å². The largest absolute Gasteiger partial charge is 0.497 e. The van der Waals surface area contributed by atoms with E-state index in [4.69, 9.17) is 19.4 Å². The van der Waals surface area contributed by atoms with E-state index < -0.39 is 0 Å². The zero-order chi connectivity index (χ0) is 26.3. The maximum Gasteiger partial charge on any atom is 0.237 e. The Morgan fingerprint density at radius 3 is 2.81 bits per heavy atom. The number of ether oxygens (including phenoxy) is 2. The van der Waals surface area contributed by atoms with Crippen LogP contribution in [0.2, 0.25) is 0 Å². The number of rotatable bonds is 7. The molecular weight excluding hydrogens is 504 g/mol. The van der Waals surface area contributed by atoms with E-state index in [-0.39, 0.29) is 16.8 Å². The number of amides is 1. The minimum absolute atomic E-state index is 0.0975. The van der Waals surface area contributed by atoms with Gasteiger partial charge in [0.15, 0.2) is 0 Å². The Hall–Kier alpha value is -2.75. The first-order valence-corrected chi connectivity index (χ1v) is 14.2. The number of benzene rings is 1. The minimum atomic E-state index is -0.361. The van der Waals surface area contributed by atoms with Crippen molar-refractivity contribution in [2.24, 2.45) is 5.92 Å². The Morgan fingerprint density at radius 2 is 2.05 bits per heavy atom. The first-order chi connectivity index (χ1) is 17.6. The molecule has 1 N–H and O–H groups in total. The van der Waals surface area contributed by atoms with Crippen molar-refractivity contribution in [2.75, 3.05) is 12.4 Å². The molecule has 37 heavy (non-hydrogen) atoms. The third kappa shape index (κ3) is 5.30. The summed E-state index contributed by atoms with van der Waals surface area (Å²) < 4.78 is 12.4. The summed E-state index contributed by atoms with van der Waals surface area (Å²) in [5, 5.41) is 4.53. The lowest BCUT2D eigenvalue weighted by molar-refractivity contribution is -0.115. The van der Waals surface area contributed by atoms with Gasteiger partial charge in [-0.3, -0.25) is 4.79 Å². The molecule has 194 valence electrons. The van der Waals surface area contributed by atoms with Gasteiger partial charge in [0.25, 0.3) is 0 Å². The molecule has 5 rings (SSSR count). The Balaban J connectivity index is 1.51. The molecule has 0 bridgehead atoms. The van der Waals surface area contributed by atoms with E-state index >= 15 is 0 Å². The molecule has 0 saturated heterocycles. The molecular formula is C28H32N4O3S2. The van der Waals surface area contributed by atoms with Gasteiger partial charge in [-0.05, 0) is 50.8 Å². The zero-order valence-electron chi connectivity index (χ0n) is 22.0. The summed E-state index contributed by atoms with van der Waals surface area (Å²) in [4.78, 5) is 28.4. The smallest absolute Gasteiger partial charge is 0.237 e. The van der Waals surface area contributed by atoms with Crippen molar-refractivity contribution >= 4 is 55.1 Å². The number of thioether (sulfide) groups is 1. The van der Waals surface area contributed by atoms with Crippen molar-refractivity contribution < 1.29 is 14.3 Å². The van der Waals surface area contributed by atoms with Crippen LogP contribution in [0.25, 0.3) is 20.4 Å². The van der Waals surface area contributed by atoms with Crippen LogP contribution in [0.4, 0.5) is 5.69 Å². The molecule has 1 unspecified atom stereocenters. The third-order valence-electron chi connectivity index (χ3n) is 6.48. The van der Waals surface area contributed by atoms with E-state index in [1.165, 1.54) is 22.9 Å². The molecule has 9 heteroatoms. The lowest BCUT2D eigenvalue weighted by atomic mass is 9.88. The number of nitrogens with zero attached hydrogens (tertiary/aromatic N) is 3. The Bertz CT molecular complexity index is 1480. The molecule has 0 saturated carbocycles. The van der Waals surface area contributed by atoms with Crippen LogP contribution in [0.3, 0.4) is 0 Å². The molecule has 4 heterocycles. The normalized spacial score (nSPS) is 15.6. The van der Waals surface area contributed by atoms with Gasteiger partial charge in [0, 0.05) is 34.8 Å². The van der Waals surface area contributed by atoms with Crippen LogP contribution in [-0.2, 0) is 29.0 Å². The molecule has 0 spiro atoms. The second-order valence-electron chi connectivity index (χ2n) is 10.5. The topological polar surface area (TPSA) is 86.2 Å². The van der Waals surface area contributed by atoms with Crippen LogP contribution in [0.1, 0.15) is 51.4 Å². The summed E-state index contributed by atoms with van der Waals surface area (Å²) in [5.74, 6) is 1.09. The predicted octanol–water partition coefficient (Wildman–Crippen LogP) is 6.42. The van der Waals surface area contributed by atoms with Crippen LogP contribution in [0, 0.1) is 5.92 Å². The first-order valence-electron chi connectivity index (χ1n) is 12.5. The van der Waals surface area contributed by atoms with E-state index in [0.29, 0.717) is 24.0 Å². The van der Waals surface area contributed by atoms with E-state index in [0.717, 1.165) is 44.0 Å². The summed E-state index contributed by atoms with van der Waals surface area (Å²) >= 11 is 3.06. The minimum Gasteiger partial charge on any atom is -0.497 e. The van der Waals surface area contributed by atoms with Gasteiger partial charge in [0.05, 0.1) is 34.8 Å². The molecule has 3 aromatic heterocycles. The van der Waals surface area contributed by atoms with Crippen molar-refractivity contribution in [3.63, 3.8) is 0 Å². The quantitative estimate of drug-likeness (QED) is 0.215. The Morgan fingerprint density at radius 1 is 1.24 bits per heavy atom. The molecule has 1 atom stereocenters. The highest BCUT2D eigenvalue weighted by Gasteiger charge is 2.32. The van der Waals surface area contributed by atoms with Gasteiger partial charge in [0.1, 0.15) is 21.9 Å². The Labute approximate surface area is 225 Å². The molecule has 0 radical (unpaired) electrons. The number of hydrogen-bond donors (Lipinski definition) is 1. The van der Waals surface area contributed by atoms with Crippen LogP contribution < -0.4 is 10.1 Å². The highest BCUT2D eigenvalue weighted by molar-refractivity contribution is 8.00. The fourth-order valence-electron chi connectivity index (χ4n) is 4.66. The fourth-order valence-corrected chi connectivity index (χ4v) is 6.80. The zero-order valence-corrected chi connectivity index (χ0v) is 23.7. The first kappa shape index (κ1) is 25.9.